The van der Waals surface area contributed by atoms with Gasteiger partial charge in [0, 0.05) is 18.6 Å². The lowest BCUT2D eigenvalue weighted by Crippen LogP contribution is -2.02. The molecule has 0 fully saturated rings. The van der Waals surface area contributed by atoms with E-state index in [4.69, 9.17) is 0 Å². The number of halogens is 2. The first-order chi connectivity index (χ1) is 11.3. The molecule has 2 rings (SSSR count). The van der Waals surface area contributed by atoms with Gasteiger partial charge in [0.05, 0.1) is 4.91 Å². The van der Waals surface area contributed by atoms with Crippen molar-refractivity contribution >= 4 is 71.8 Å². The lowest BCUT2D eigenvalue weighted by Gasteiger charge is -2.06. The van der Waals surface area contributed by atoms with Crippen molar-refractivity contribution in [2.75, 3.05) is 0 Å². The number of benzene rings is 2. The minimum atomic E-state index is -3.74. The van der Waals surface area contributed by atoms with Crippen LogP contribution in [-0.2, 0) is 14.6 Å². The van der Waals surface area contributed by atoms with Gasteiger partial charge < -0.3 is 0 Å². The molecular formula is C18H14I2O3S. The Morgan fingerprint density at radius 3 is 1.92 bits per heavy atom. The van der Waals surface area contributed by atoms with Crippen LogP contribution in [0.3, 0.4) is 0 Å². The molecule has 2 aromatic rings. The summed E-state index contributed by atoms with van der Waals surface area (Å²) in [7, 11) is -3.74. The lowest BCUT2D eigenvalue weighted by atomic mass is 10.2. The minimum absolute atomic E-state index is 0.00756. The van der Waals surface area contributed by atoms with Crippen LogP contribution in [0.25, 0.3) is 11.0 Å². The van der Waals surface area contributed by atoms with E-state index in [-0.39, 0.29) is 10.7 Å². The Labute approximate surface area is 169 Å². The summed E-state index contributed by atoms with van der Waals surface area (Å²) in [6.45, 7) is 1.34. The first-order valence-electron chi connectivity index (χ1n) is 6.95. The topological polar surface area (TPSA) is 51.2 Å². The number of hydrogen-bond donors (Lipinski definition) is 0. The number of allylic oxidation sites excluding steroid dienone is 1. The van der Waals surface area contributed by atoms with E-state index in [0.717, 1.165) is 24.2 Å². The molecule has 0 aliphatic rings. The normalized spacial score (nSPS) is 12.5. The molecule has 2 aromatic carbocycles. The zero-order valence-electron chi connectivity index (χ0n) is 12.7. The zero-order chi connectivity index (χ0) is 17.7. The zero-order valence-corrected chi connectivity index (χ0v) is 17.9. The van der Waals surface area contributed by atoms with E-state index >= 15 is 0 Å². The molecule has 0 N–H and O–H groups in total. The predicted octanol–water partition coefficient (Wildman–Crippen LogP) is 4.91. The van der Waals surface area contributed by atoms with Crippen molar-refractivity contribution in [3.63, 3.8) is 0 Å². The van der Waals surface area contributed by atoms with Crippen LogP contribution in [0.1, 0.15) is 18.1 Å². The Morgan fingerprint density at radius 2 is 1.42 bits per heavy atom. The SMILES string of the molecule is CC(=O)/C=C(/c1ccc(I)cc1)S(=O)(=O)C=Cc1ccc(I)cc1. The standard InChI is InChI=1S/C18H14I2O3S/c1-13(21)12-18(15-4-8-17(20)9-5-15)24(22,23)11-10-14-2-6-16(19)7-3-14/h2-12H,1H3/b11-10?,18-12-. The smallest absolute Gasteiger partial charge is 0.200 e. The molecule has 0 aliphatic carbocycles. The van der Waals surface area contributed by atoms with E-state index in [9.17, 15) is 13.2 Å². The summed E-state index contributed by atoms with van der Waals surface area (Å²) in [5.74, 6) is -0.310. The van der Waals surface area contributed by atoms with Crippen molar-refractivity contribution in [2.24, 2.45) is 0 Å². The Kier molecular flexibility index (Phi) is 6.76. The van der Waals surface area contributed by atoms with Crippen LogP contribution < -0.4 is 0 Å². The second-order valence-electron chi connectivity index (χ2n) is 5.03. The first-order valence-corrected chi connectivity index (χ1v) is 10.7. The maximum absolute atomic E-state index is 12.7. The largest absolute Gasteiger partial charge is 0.295 e. The Bertz CT molecular complexity index is 894. The van der Waals surface area contributed by atoms with Crippen LogP contribution in [0.4, 0.5) is 0 Å². The van der Waals surface area contributed by atoms with Crippen molar-refractivity contribution < 1.29 is 13.2 Å². The fraction of sp³-hybridized carbons (Fsp3) is 0.0556. The van der Waals surface area contributed by atoms with E-state index in [1.165, 1.54) is 13.0 Å². The van der Waals surface area contributed by atoms with E-state index < -0.39 is 9.84 Å². The molecule has 6 heteroatoms. The van der Waals surface area contributed by atoms with Gasteiger partial charge in [0.25, 0.3) is 0 Å². The predicted molar refractivity (Wildman–Crippen MR) is 115 cm³/mol. The van der Waals surface area contributed by atoms with Crippen LogP contribution in [0, 0.1) is 7.14 Å². The number of carbonyl (C=O) groups excluding carboxylic acids is 1. The van der Waals surface area contributed by atoms with E-state index in [1.54, 1.807) is 12.1 Å². The van der Waals surface area contributed by atoms with Gasteiger partial charge in [-0.2, -0.15) is 0 Å². The van der Waals surface area contributed by atoms with Crippen LogP contribution in [0.5, 0.6) is 0 Å². The molecule has 0 amide bonds. The van der Waals surface area contributed by atoms with Gasteiger partial charge >= 0.3 is 0 Å². The van der Waals surface area contributed by atoms with Crippen molar-refractivity contribution in [3.05, 3.63) is 78.3 Å². The summed E-state index contributed by atoms with van der Waals surface area (Å²) >= 11 is 4.33. The first kappa shape index (κ1) is 19.3. The molecule has 0 aromatic heterocycles. The second kappa shape index (κ2) is 8.39. The van der Waals surface area contributed by atoms with Crippen LogP contribution >= 0.6 is 45.2 Å². The van der Waals surface area contributed by atoms with Crippen LogP contribution in [0.15, 0.2) is 60.0 Å². The van der Waals surface area contributed by atoms with Gasteiger partial charge in [0.1, 0.15) is 0 Å². The maximum atomic E-state index is 12.7. The highest BCUT2D eigenvalue weighted by molar-refractivity contribution is 14.1. The number of carbonyl (C=O) groups is 1. The molecule has 0 saturated heterocycles. The van der Waals surface area contributed by atoms with Gasteiger partial charge in [-0.3, -0.25) is 4.79 Å². The van der Waals surface area contributed by atoms with E-state index in [0.29, 0.717) is 5.56 Å². The van der Waals surface area contributed by atoms with Crippen LogP contribution in [0.2, 0.25) is 0 Å². The molecule has 0 saturated carbocycles. The molecule has 0 radical (unpaired) electrons. The number of sulfone groups is 1. The van der Waals surface area contributed by atoms with Crippen molar-refractivity contribution in [1.82, 2.24) is 0 Å². The number of rotatable bonds is 5. The number of hydrogen-bond acceptors (Lipinski definition) is 3. The highest BCUT2D eigenvalue weighted by Crippen LogP contribution is 2.24. The summed E-state index contributed by atoms with van der Waals surface area (Å²) in [4.78, 5) is 11.5. The molecule has 124 valence electrons. The van der Waals surface area contributed by atoms with Crippen LogP contribution in [-0.4, -0.2) is 14.2 Å². The van der Waals surface area contributed by atoms with Gasteiger partial charge in [-0.1, -0.05) is 24.3 Å². The molecule has 0 atom stereocenters. The Morgan fingerprint density at radius 1 is 0.917 bits per heavy atom. The molecule has 0 unspecified atom stereocenters. The molecule has 0 bridgehead atoms. The van der Waals surface area contributed by atoms with Gasteiger partial charge in [0.15, 0.2) is 5.78 Å². The highest BCUT2D eigenvalue weighted by atomic mass is 127. The third-order valence-electron chi connectivity index (χ3n) is 3.08. The average Bonchev–Trinajstić information content (AvgIpc) is 2.53. The third kappa shape index (κ3) is 5.52. The van der Waals surface area contributed by atoms with Gasteiger partial charge in [-0.15, -0.1) is 0 Å². The van der Waals surface area contributed by atoms with E-state index in [1.807, 2.05) is 36.4 Å². The van der Waals surface area contributed by atoms with E-state index in [2.05, 4.69) is 45.2 Å². The molecule has 0 aliphatic heterocycles. The van der Waals surface area contributed by atoms with Crippen molar-refractivity contribution in [2.45, 2.75) is 6.92 Å². The summed E-state index contributed by atoms with van der Waals surface area (Å²) < 4.78 is 27.4. The monoisotopic (exact) mass is 564 g/mol. The summed E-state index contributed by atoms with van der Waals surface area (Å²) in [6.07, 6.45) is 2.70. The van der Waals surface area contributed by atoms with Crippen molar-refractivity contribution in [1.29, 1.82) is 0 Å². The highest BCUT2D eigenvalue weighted by Gasteiger charge is 2.17. The average molecular weight is 564 g/mol. The summed E-state index contributed by atoms with van der Waals surface area (Å²) in [5.41, 5.74) is 1.28. The van der Waals surface area contributed by atoms with Gasteiger partial charge in [0.2, 0.25) is 9.84 Å². The molecule has 3 nitrogen and oxygen atoms in total. The third-order valence-corrected chi connectivity index (χ3v) is 5.98. The summed E-state index contributed by atoms with van der Waals surface area (Å²) in [5, 5.41) is 1.14. The quantitative estimate of drug-likeness (QED) is 0.384. The fourth-order valence-electron chi connectivity index (χ4n) is 1.94. The molecule has 0 heterocycles. The number of ketones is 1. The van der Waals surface area contributed by atoms with Crippen molar-refractivity contribution in [3.8, 4) is 0 Å². The maximum Gasteiger partial charge on any atom is 0.200 e. The molecule has 0 spiro atoms. The molecule has 24 heavy (non-hydrogen) atoms. The Balaban J connectivity index is 2.42. The van der Waals surface area contributed by atoms with Gasteiger partial charge in [-0.05, 0) is 93.6 Å². The Hall–Kier alpha value is -1.000. The lowest BCUT2D eigenvalue weighted by molar-refractivity contribution is -0.112. The molecular weight excluding hydrogens is 550 g/mol. The minimum Gasteiger partial charge on any atom is -0.295 e. The fourth-order valence-corrected chi connectivity index (χ4v) is 3.94. The van der Waals surface area contributed by atoms with Gasteiger partial charge in [-0.25, -0.2) is 8.42 Å². The second-order valence-corrected chi connectivity index (χ2v) is 9.32. The summed E-state index contributed by atoms with van der Waals surface area (Å²) in [6, 6.07) is 14.5.